The first kappa shape index (κ1) is 58.2. The van der Waals surface area contributed by atoms with E-state index in [-0.39, 0.29) is 20.4 Å². The van der Waals surface area contributed by atoms with Crippen LogP contribution in [0.25, 0.3) is 0 Å². The van der Waals surface area contributed by atoms with Crippen LogP contribution in [0, 0.1) is 0 Å². The van der Waals surface area contributed by atoms with E-state index in [4.69, 9.17) is 9.98 Å². The Kier molecular flexibility index (Phi) is 40.5. The normalized spacial score (nSPS) is 12.0. The summed E-state index contributed by atoms with van der Waals surface area (Å²) in [5.41, 5.74) is 8.91. The van der Waals surface area contributed by atoms with Crippen molar-refractivity contribution in [2.75, 3.05) is 0 Å². The minimum Gasteiger partial charge on any atom is -0.255 e. The number of allylic oxidation sites excluding steroid dienone is 2. The second kappa shape index (κ2) is 43.1. The van der Waals surface area contributed by atoms with E-state index in [0.717, 1.165) is 49.2 Å². The Balaban J connectivity index is 0.0000192. The van der Waals surface area contributed by atoms with Crippen LogP contribution in [0.4, 0.5) is 11.4 Å². The van der Waals surface area contributed by atoms with Crippen molar-refractivity contribution in [2.45, 2.75) is 279 Å². The third kappa shape index (κ3) is 32.8. The van der Waals surface area contributed by atoms with Crippen LogP contribution >= 0.6 is 0 Å². The standard InChI is InChI=1S/C59H100N2.Pd/c1-6-11-16-17-18-19-20-21-22-23-24-25-26-27-28-29-30-31-32-33-34-35-40-45-57(61-59-50-55(43-38-14-9-4)47-56(51-59)44-39-15-10-5)52-60-58-48-53(41-36-12-7-2)46-54(49-58)42-37-13-8-3;/h40,45-52H,6-39,41-44H2,1-5H3;. The quantitative estimate of drug-likeness (QED) is 0.0360. The molecular formula is C59H100N2Pd. The molecule has 0 radical (unpaired) electrons. The zero-order valence-electron chi connectivity index (χ0n) is 41.8. The molecule has 2 aromatic rings. The number of rotatable bonds is 42. The number of nitrogens with zero attached hydrogens (tertiary/aromatic N) is 2. The fourth-order valence-corrected chi connectivity index (χ4v) is 8.82. The van der Waals surface area contributed by atoms with Gasteiger partial charge < -0.3 is 0 Å². The number of benzene rings is 2. The van der Waals surface area contributed by atoms with Crippen LogP contribution in [-0.2, 0) is 46.1 Å². The van der Waals surface area contributed by atoms with E-state index in [1.54, 1.807) is 0 Å². The number of hydrogen-bond acceptors (Lipinski definition) is 2. The molecule has 0 saturated carbocycles. The van der Waals surface area contributed by atoms with E-state index in [1.165, 1.54) is 234 Å². The van der Waals surface area contributed by atoms with Crippen molar-refractivity contribution in [3.63, 3.8) is 0 Å². The Morgan fingerprint density at radius 3 is 0.984 bits per heavy atom. The van der Waals surface area contributed by atoms with Crippen molar-refractivity contribution < 1.29 is 20.4 Å². The molecule has 0 unspecified atom stereocenters. The van der Waals surface area contributed by atoms with Gasteiger partial charge in [0.05, 0.1) is 23.3 Å². The Hall–Kier alpha value is -1.82. The molecule has 2 nitrogen and oxygen atoms in total. The van der Waals surface area contributed by atoms with E-state index in [0.29, 0.717) is 0 Å². The molecule has 2 rings (SSSR count). The summed E-state index contributed by atoms with van der Waals surface area (Å²) >= 11 is 0. The maximum absolute atomic E-state index is 5.32. The van der Waals surface area contributed by atoms with Crippen molar-refractivity contribution in [3.8, 4) is 0 Å². The maximum Gasteiger partial charge on any atom is 0.0816 e. The first-order valence-corrected chi connectivity index (χ1v) is 27.2. The Bertz CT molecular complexity index is 1330. The monoisotopic (exact) mass is 943 g/mol. The summed E-state index contributed by atoms with van der Waals surface area (Å²) in [4.78, 5) is 10.5. The van der Waals surface area contributed by atoms with Crippen molar-refractivity contribution in [1.82, 2.24) is 0 Å². The molecule has 0 N–H and O–H groups in total. The second-order valence-electron chi connectivity index (χ2n) is 18.9. The van der Waals surface area contributed by atoms with Crippen molar-refractivity contribution in [3.05, 3.63) is 70.8 Å². The second-order valence-corrected chi connectivity index (χ2v) is 18.9. The van der Waals surface area contributed by atoms with Gasteiger partial charge in [0.1, 0.15) is 0 Å². The van der Waals surface area contributed by atoms with Crippen LogP contribution in [0.1, 0.15) is 275 Å². The molecular weight excluding hydrogens is 843 g/mol. The van der Waals surface area contributed by atoms with E-state index in [9.17, 15) is 0 Å². The molecule has 0 fully saturated rings. The summed E-state index contributed by atoms with van der Waals surface area (Å²) in [7, 11) is 0. The summed E-state index contributed by atoms with van der Waals surface area (Å²) in [6.45, 7) is 11.5. The van der Waals surface area contributed by atoms with Gasteiger partial charge in [-0.05, 0) is 117 Å². The molecule has 356 valence electrons. The summed E-state index contributed by atoms with van der Waals surface area (Å²) in [6, 6.07) is 14.3. The Morgan fingerprint density at radius 1 is 0.355 bits per heavy atom. The predicted octanol–water partition coefficient (Wildman–Crippen LogP) is 20.2. The first-order chi connectivity index (χ1) is 30.1. The van der Waals surface area contributed by atoms with E-state index in [2.05, 4.69) is 89.4 Å². The molecule has 0 amide bonds. The molecule has 0 bridgehead atoms. The van der Waals surface area contributed by atoms with Gasteiger partial charge in [0, 0.05) is 20.4 Å². The van der Waals surface area contributed by atoms with Gasteiger partial charge in [0.15, 0.2) is 0 Å². The summed E-state index contributed by atoms with van der Waals surface area (Å²) < 4.78 is 0. The van der Waals surface area contributed by atoms with Gasteiger partial charge in [-0.15, -0.1) is 0 Å². The number of hydrogen-bond donors (Lipinski definition) is 0. The largest absolute Gasteiger partial charge is 0.255 e. The summed E-state index contributed by atoms with van der Waals surface area (Å²) in [5.74, 6) is 0. The third-order valence-electron chi connectivity index (χ3n) is 12.7. The molecule has 0 aliphatic carbocycles. The molecule has 0 aromatic heterocycles. The van der Waals surface area contributed by atoms with Gasteiger partial charge in [-0.25, -0.2) is 4.99 Å². The molecule has 2 aromatic carbocycles. The van der Waals surface area contributed by atoms with Crippen LogP contribution in [0.3, 0.4) is 0 Å². The average Bonchev–Trinajstić information content (AvgIpc) is 3.26. The molecule has 0 saturated heterocycles. The van der Waals surface area contributed by atoms with E-state index < -0.39 is 0 Å². The smallest absolute Gasteiger partial charge is 0.0816 e. The van der Waals surface area contributed by atoms with Gasteiger partial charge in [-0.2, -0.15) is 0 Å². The SMILES string of the molecule is CCCCCCCCCCCCCCCCCCCCCCCC=CC(C=Nc1cc(CCCCC)cc(CCCCC)c1)=Nc1cc(CCCCC)cc(CCCCC)c1.[Pd]. The zero-order valence-corrected chi connectivity index (χ0v) is 43.3. The fraction of sp³-hybridized carbons (Fsp3) is 0.729. The van der Waals surface area contributed by atoms with Crippen LogP contribution < -0.4 is 0 Å². The topological polar surface area (TPSA) is 24.7 Å². The van der Waals surface area contributed by atoms with Crippen LogP contribution in [0.5, 0.6) is 0 Å². The molecule has 0 aliphatic rings. The summed E-state index contributed by atoms with van der Waals surface area (Å²) in [5, 5.41) is 0. The number of aliphatic imine (C=N–C) groups is 2. The summed E-state index contributed by atoms with van der Waals surface area (Å²) in [6.07, 6.45) is 57.5. The van der Waals surface area contributed by atoms with Gasteiger partial charge in [-0.3, -0.25) is 4.99 Å². The van der Waals surface area contributed by atoms with Gasteiger partial charge >= 0.3 is 0 Å². The van der Waals surface area contributed by atoms with Gasteiger partial charge in [-0.1, -0.05) is 233 Å². The fourth-order valence-electron chi connectivity index (χ4n) is 8.82. The minimum atomic E-state index is 0. The Morgan fingerprint density at radius 2 is 0.645 bits per heavy atom. The molecule has 62 heavy (non-hydrogen) atoms. The van der Waals surface area contributed by atoms with Gasteiger partial charge in [0.2, 0.25) is 0 Å². The average molecular weight is 944 g/mol. The van der Waals surface area contributed by atoms with E-state index in [1.807, 2.05) is 0 Å². The molecule has 0 heterocycles. The van der Waals surface area contributed by atoms with Crippen molar-refractivity contribution >= 4 is 23.3 Å². The number of unbranched alkanes of at least 4 members (excludes halogenated alkanes) is 29. The first-order valence-electron chi connectivity index (χ1n) is 27.2. The third-order valence-corrected chi connectivity index (χ3v) is 12.7. The number of aryl methyl sites for hydroxylation is 4. The van der Waals surface area contributed by atoms with Crippen LogP contribution in [0.15, 0.2) is 58.5 Å². The van der Waals surface area contributed by atoms with Gasteiger partial charge in [0.25, 0.3) is 0 Å². The molecule has 0 aliphatic heterocycles. The van der Waals surface area contributed by atoms with Crippen LogP contribution in [0.2, 0.25) is 0 Å². The molecule has 3 heteroatoms. The van der Waals surface area contributed by atoms with Crippen molar-refractivity contribution in [2.24, 2.45) is 9.98 Å². The maximum atomic E-state index is 5.32. The minimum absolute atomic E-state index is 0. The predicted molar refractivity (Wildman–Crippen MR) is 277 cm³/mol. The molecule has 0 atom stereocenters. The van der Waals surface area contributed by atoms with E-state index >= 15 is 0 Å². The zero-order chi connectivity index (χ0) is 43.7. The van der Waals surface area contributed by atoms with Crippen LogP contribution in [-0.4, -0.2) is 11.9 Å². The van der Waals surface area contributed by atoms with Crippen molar-refractivity contribution in [1.29, 1.82) is 0 Å². The molecule has 0 spiro atoms. The Labute approximate surface area is 401 Å².